The number of nitrogens with zero attached hydrogens (tertiary/aromatic N) is 1. The van der Waals surface area contributed by atoms with Gasteiger partial charge in [0.1, 0.15) is 0 Å². The monoisotopic (exact) mass is 302 g/mol. The van der Waals surface area contributed by atoms with Gasteiger partial charge < -0.3 is 25.5 Å². The van der Waals surface area contributed by atoms with Crippen LogP contribution in [-0.2, 0) is 6.54 Å². The molecular weight excluding hydrogens is 284 g/mol. The van der Waals surface area contributed by atoms with Crippen LogP contribution in [0.3, 0.4) is 0 Å². The maximum atomic E-state index is 12.2. The number of nitrogens with one attached hydrogen (secondary N) is 1. The summed E-state index contributed by atoms with van der Waals surface area (Å²) in [6.45, 7) is 2.80. The summed E-state index contributed by atoms with van der Waals surface area (Å²) in [4.78, 5) is 13.8. The van der Waals surface area contributed by atoms with Crippen molar-refractivity contribution in [3.05, 3.63) is 48.0 Å². The number of benzene rings is 2. The molecule has 4 N–H and O–H groups in total. The smallest absolute Gasteiger partial charge is 0.322 e. The minimum absolute atomic E-state index is 0.198. The van der Waals surface area contributed by atoms with E-state index in [-0.39, 0.29) is 11.7 Å². The SMILES string of the molecule is CCN(Cc1ccccc1)C(=O)Nc1cc(O)c(O)c(O)c1. The summed E-state index contributed by atoms with van der Waals surface area (Å²) in [5.41, 5.74) is 1.19. The van der Waals surface area contributed by atoms with Gasteiger partial charge in [-0.3, -0.25) is 0 Å². The van der Waals surface area contributed by atoms with Crippen LogP contribution in [0, 0.1) is 0 Å². The summed E-state index contributed by atoms with van der Waals surface area (Å²) in [6, 6.07) is 11.5. The van der Waals surface area contributed by atoms with Gasteiger partial charge in [0, 0.05) is 25.2 Å². The highest BCUT2D eigenvalue weighted by atomic mass is 16.3. The number of anilines is 1. The van der Waals surface area contributed by atoms with E-state index in [4.69, 9.17) is 0 Å². The predicted molar refractivity (Wildman–Crippen MR) is 83.0 cm³/mol. The second kappa shape index (κ2) is 6.71. The van der Waals surface area contributed by atoms with Crippen molar-refractivity contribution in [2.45, 2.75) is 13.5 Å². The molecule has 116 valence electrons. The van der Waals surface area contributed by atoms with Gasteiger partial charge in [-0.1, -0.05) is 30.3 Å². The third-order valence-corrected chi connectivity index (χ3v) is 3.21. The zero-order chi connectivity index (χ0) is 16.1. The lowest BCUT2D eigenvalue weighted by Gasteiger charge is -2.21. The highest BCUT2D eigenvalue weighted by Gasteiger charge is 2.14. The lowest BCUT2D eigenvalue weighted by molar-refractivity contribution is 0.212. The maximum Gasteiger partial charge on any atom is 0.322 e. The van der Waals surface area contributed by atoms with Crippen molar-refractivity contribution in [3.63, 3.8) is 0 Å². The van der Waals surface area contributed by atoms with Crippen LogP contribution >= 0.6 is 0 Å². The highest BCUT2D eigenvalue weighted by Crippen LogP contribution is 2.37. The van der Waals surface area contributed by atoms with Crippen molar-refractivity contribution in [1.29, 1.82) is 0 Å². The molecule has 0 radical (unpaired) electrons. The summed E-state index contributed by atoms with van der Waals surface area (Å²) in [5, 5.41) is 30.8. The summed E-state index contributed by atoms with van der Waals surface area (Å²) >= 11 is 0. The van der Waals surface area contributed by atoms with Crippen LogP contribution in [-0.4, -0.2) is 32.8 Å². The summed E-state index contributed by atoms with van der Waals surface area (Å²) in [6.07, 6.45) is 0. The van der Waals surface area contributed by atoms with E-state index in [9.17, 15) is 20.1 Å². The number of carbonyl (C=O) groups excluding carboxylic acids is 1. The van der Waals surface area contributed by atoms with Crippen LogP contribution in [0.25, 0.3) is 0 Å². The number of hydrogen-bond donors (Lipinski definition) is 4. The number of hydrogen-bond acceptors (Lipinski definition) is 4. The van der Waals surface area contributed by atoms with Gasteiger partial charge in [-0.2, -0.15) is 0 Å². The number of carbonyl (C=O) groups is 1. The lowest BCUT2D eigenvalue weighted by Crippen LogP contribution is -2.34. The first kappa shape index (κ1) is 15.5. The zero-order valence-corrected chi connectivity index (χ0v) is 12.2. The van der Waals surface area contributed by atoms with Crippen molar-refractivity contribution in [3.8, 4) is 17.2 Å². The standard InChI is InChI=1S/C16H18N2O4/c1-2-18(10-11-6-4-3-5-7-11)16(22)17-12-8-13(19)15(21)14(20)9-12/h3-9,19-21H,2,10H2,1H3,(H,17,22). The molecule has 2 aromatic carbocycles. The van der Waals surface area contributed by atoms with E-state index >= 15 is 0 Å². The Labute approximate surface area is 128 Å². The fourth-order valence-electron chi connectivity index (χ4n) is 2.01. The molecule has 0 aliphatic heterocycles. The zero-order valence-electron chi connectivity index (χ0n) is 12.2. The lowest BCUT2D eigenvalue weighted by atomic mass is 10.2. The van der Waals surface area contributed by atoms with Crippen molar-refractivity contribution in [1.82, 2.24) is 4.90 Å². The van der Waals surface area contributed by atoms with Crippen molar-refractivity contribution in [2.75, 3.05) is 11.9 Å². The van der Waals surface area contributed by atoms with Gasteiger partial charge in [0.25, 0.3) is 0 Å². The van der Waals surface area contributed by atoms with Crippen LogP contribution in [0.15, 0.2) is 42.5 Å². The molecule has 0 saturated carbocycles. The second-order valence-corrected chi connectivity index (χ2v) is 4.79. The fraction of sp³-hybridized carbons (Fsp3) is 0.188. The number of rotatable bonds is 4. The van der Waals surface area contributed by atoms with Crippen molar-refractivity contribution < 1.29 is 20.1 Å². The molecule has 0 aliphatic rings. The molecule has 0 bridgehead atoms. The van der Waals surface area contributed by atoms with Crippen LogP contribution in [0.1, 0.15) is 12.5 Å². The van der Waals surface area contributed by atoms with E-state index in [2.05, 4.69) is 5.32 Å². The van der Waals surface area contributed by atoms with E-state index in [0.717, 1.165) is 5.56 Å². The molecule has 0 aromatic heterocycles. The Hall–Kier alpha value is -2.89. The average molecular weight is 302 g/mol. The summed E-state index contributed by atoms with van der Waals surface area (Å²) in [5.74, 6) is -1.61. The first-order valence-electron chi connectivity index (χ1n) is 6.86. The van der Waals surface area contributed by atoms with Crippen LogP contribution in [0.2, 0.25) is 0 Å². The molecule has 2 rings (SSSR count). The highest BCUT2D eigenvalue weighted by molar-refractivity contribution is 5.90. The van der Waals surface area contributed by atoms with Crippen molar-refractivity contribution in [2.24, 2.45) is 0 Å². The van der Waals surface area contributed by atoms with Crippen LogP contribution < -0.4 is 5.32 Å². The fourth-order valence-corrected chi connectivity index (χ4v) is 2.01. The molecule has 0 spiro atoms. The molecular formula is C16H18N2O4. The normalized spacial score (nSPS) is 10.2. The van der Waals surface area contributed by atoms with E-state index in [1.165, 1.54) is 12.1 Å². The maximum absolute atomic E-state index is 12.2. The molecule has 0 unspecified atom stereocenters. The van der Waals surface area contributed by atoms with Gasteiger partial charge in [0.05, 0.1) is 5.69 Å². The van der Waals surface area contributed by atoms with Gasteiger partial charge in [-0.25, -0.2) is 4.79 Å². The molecule has 0 atom stereocenters. The van der Waals surface area contributed by atoms with Crippen LogP contribution in [0.5, 0.6) is 17.2 Å². The van der Waals surface area contributed by atoms with E-state index in [1.807, 2.05) is 37.3 Å². The van der Waals surface area contributed by atoms with Gasteiger partial charge >= 0.3 is 6.03 Å². The minimum atomic E-state index is -0.616. The molecule has 6 nitrogen and oxygen atoms in total. The molecule has 0 heterocycles. The largest absolute Gasteiger partial charge is 0.504 e. The van der Waals surface area contributed by atoms with Gasteiger partial charge in [-0.05, 0) is 12.5 Å². The summed E-state index contributed by atoms with van der Waals surface area (Å²) in [7, 11) is 0. The topological polar surface area (TPSA) is 93.0 Å². The van der Waals surface area contributed by atoms with E-state index < -0.39 is 17.2 Å². The number of phenolic OH excluding ortho intramolecular Hbond substituents is 3. The van der Waals surface area contributed by atoms with Crippen LogP contribution in [0.4, 0.5) is 10.5 Å². The number of aromatic hydroxyl groups is 3. The molecule has 6 heteroatoms. The first-order valence-corrected chi connectivity index (χ1v) is 6.86. The Balaban J connectivity index is 2.09. The molecule has 2 aromatic rings. The Kier molecular flexibility index (Phi) is 4.73. The Morgan fingerprint density at radius 1 is 1.09 bits per heavy atom. The molecule has 0 saturated heterocycles. The quantitative estimate of drug-likeness (QED) is 0.516. The number of phenols is 3. The molecule has 2 amide bonds. The molecule has 22 heavy (non-hydrogen) atoms. The van der Waals surface area contributed by atoms with Gasteiger partial charge in [0.2, 0.25) is 0 Å². The van der Waals surface area contributed by atoms with E-state index in [0.29, 0.717) is 13.1 Å². The Morgan fingerprint density at radius 3 is 2.23 bits per heavy atom. The summed E-state index contributed by atoms with van der Waals surface area (Å²) < 4.78 is 0. The van der Waals surface area contributed by atoms with Gasteiger partial charge in [0.15, 0.2) is 17.2 Å². The Bertz CT molecular complexity index is 635. The molecule has 0 fully saturated rings. The second-order valence-electron chi connectivity index (χ2n) is 4.79. The third kappa shape index (κ3) is 3.60. The predicted octanol–water partition coefficient (Wildman–Crippen LogP) is 2.86. The molecule has 0 aliphatic carbocycles. The number of urea groups is 1. The Morgan fingerprint density at radius 2 is 1.68 bits per heavy atom. The third-order valence-electron chi connectivity index (χ3n) is 3.21. The first-order chi connectivity index (χ1) is 10.5. The number of amides is 2. The van der Waals surface area contributed by atoms with Gasteiger partial charge in [-0.15, -0.1) is 0 Å². The van der Waals surface area contributed by atoms with E-state index in [1.54, 1.807) is 4.90 Å². The van der Waals surface area contributed by atoms with Crippen molar-refractivity contribution >= 4 is 11.7 Å². The minimum Gasteiger partial charge on any atom is -0.504 e. The average Bonchev–Trinajstić information content (AvgIpc) is 2.51.